The van der Waals surface area contributed by atoms with Crippen LogP contribution in [0.1, 0.15) is 19.4 Å². The second kappa shape index (κ2) is 7.26. The SMILES string of the molecule is CCOCCN(CC)S(=O)(=O)c1cc(C)c(Cl)c(N)c1. The summed E-state index contributed by atoms with van der Waals surface area (Å²) >= 11 is 5.96. The van der Waals surface area contributed by atoms with Gasteiger partial charge in [-0.1, -0.05) is 18.5 Å². The second-order valence-electron chi connectivity index (χ2n) is 4.34. The Hall–Kier alpha value is -0.820. The molecule has 5 nitrogen and oxygen atoms in total. The quantitative estimate of drug-likeness (QED) is 0.618. The molecule has 0 bridgehead atoms. The van der Waals surface area contributed by atoms with Crippen molar-refractivity contribution in [2.24, 2.45) is 0 Å². The minimum Gasteiger partial charge on any atom is -0.397 e. The monoisotopic (exact) mass is 320 g/mol. The number of halogens is 1. The Labute approximate surface area is 125 Å². The number of anilines is 1. The van der Waals surface area contributed by atoms with Gasteiger partial charge in [0, 0.05) is 19.7 Å². The van der Waals surface area contributed by atoms with E-state index in [1.807, 2.05) is 6.92 Å². The van der Waals surface area contributed by atoms with Crippen LogP contribution in [0.15, 0.2) is 17.0 Å². The van der Waals surface area contributed by atoms with Crippen molar-refractivity contribution in [2.75, 3.05) is 32.0 Å². The third-order valence-corrected chi connectivity index (χ3v) is 5.40. The van der Waals surface area contributed by atoms with Crippen LogP contribution in [-0.2, 0) is 14.8 Å². The van der Waals surface area contributed by atoms with Crippen LogP contribution in [-0.4, -0.2) is 39.0 Å². The van der Waals surface area contributed by atoms with Crippen molar-refractivity contribution in [3.8, 4) is 0 Å². The lowest BCUT2D eigenvalue weighted by Gasteiger charge is -2.21. The summed E-state index contributed by atoms with van der Waals surface area (Å²) in [6.07, 6.45) is 0. The topological polar surface area (TPSA) is 72.6 Å². The summed E-state index contributed by atoms with van der Waals surface area (Å²) in [4.78, 5) is 0.162. The normalized spacial score (nSPS) is 12.1. The van der Waals surface area contributed by atoms with Gasteiger partial charge in [0.15, 0.2) is 0 Å². The van der Waals surface area contributed by atoms with E-state index in [4.69, 9.17) is 22.1 Å². The zero-order valence-corrected chi connectivity index (χ0v) is 13.6. The van der Waals surface area contributed by atoms with Crippen LogP contribution in [0.4, 0.5) is 5.69 Å². The molecule has 0 spiro atoms. The molecule has 0 radical (unpaired) electrons. The van der Waals surface area contributed by atoms with Gasteiger partial charge in [0.2, 0.25) is 10.0 Å². The first-order valence-electron chi connectivity index (χ1n) is 6.48. The van der Waals surface area contributed by atoms with Crippen LogP contribution < -0.4 is 5.73 Å². The fraction of sp³-hybridized carbons (Fsp3) is 0.538. The molecule has 0 amide bonds. The summed E-state index contributed by atoms with van der Waals surface area (Å²) in [5, 5.41) is 0.390. The van der Waals surface area contributed by atoms with Gasteiger partial charge in [-0.05, 0) is 31.5 Å². The third kappa shape index (κ3) is 3.85. The Morgan fingerprint density at radius 3 is 2.50 bits per heavy atom. The molecule has 0 aliphatic heterocycles. The number of hydrogen-bond acceptors (Lipinski definition) is 4. The fourth-order valence-electron chi connectivity index (χ4n) is 1.82. The van der Waals surface area contributed by atoms with Gasteiger partial charge in [-0.15, -0.1) is 0 Å². The zero-order chi connectivity index (χ0) is 15.3. The van der Waals surface area contributed by atoms with Crippen molar-refractivity contribution in [1.82, 2.24) is 4.31 Å². The van der Waals surface area contributed by atoms with Crippen LogP contribution in [0.5, 0.6) is 0 Å². The molecular formula is C13H21ClN2O3S. The number of ether oxygens (including phenoxy) is 1. The molecule has 0 saturated heterocycles. The predicted octanol–water partition coefficient (Wildman–Crippen LogP) is 2.28. The number of aryl methyl sites for hydroxylation is 1. The standard InChI is InChI=1S/C13H21ClN2O3S/c1-4-16(6-7-19-5-2)20(17,18)11-8-10(3)13(14)12(15)9-11/h8-9H,4-7,15H2,1-3H3. The Balaban J connectivity index is 3.08. The van der Waals surface area contributed by atoms with Gasteiger partial charge in [0.25, 0.3) is 0 Å². The van der Waals surface area contributed by atoms with E-state index >= 15 is 0 Å². The van der Waals surface area contributed by atoms with Crippen molar-refractivity contribution in [2.45, 2.75) is 25.7 Å². The van der Waals surface area contributed by atoms with Crippen molar-refractivity contribution in [1.29, 1.82) is 0 Å². The molecule has 0 heterocycles. The number of nitrogens with zero attached hydrogens (tertiary/aromatic N) is 1. The van der Waals surface area contributed by atoms with E-state index in [9.17, 15) is 8.42 Å². The molecule has 0 unspecified atom stereocenters. The number of benzene rings is 1. The number of likely N-dealkylation sites (N-methyl/N-ethyl adjacent to an activating group) is 1. The van der Waals surface area contributed by atoms with E-state index < -0.39 is 10.0 Å². The van der Waals surface area contributed by atoms with E-state index in [2.05, 4.69) is 0 Å². The molecule has 0 aliphatic carbocycles. The van der Waals surface area contributed by atoms with Gasteiger partial charge in [0.1, 0.15) is 0 Å². The molecule has 1 rings (SSSR count). The summed E-state index contributed by atoms with van der Waals surface area (Å²) < 4.78 is 31.7. The van der Waals surface area contributed by atoms with Gasteiger partial charge >= 0.3 is 0 Å². The van der Waals surface area contributed by atoms with Gasteiger partial charge in [-0.25, -0.2) is 8.42 Å². The number of hydrogen-bond donors (Lipinski definition) is 1. The molecule has 0 aliphatic rings. The largest absolute Gasteiger partial charge is 0.397 e. The average molecular weight is 321 g/mol. The molecule has 20 heavy (non-hydrogen) atoms. The smallest absolute Gasteiger partial charge is 0.243 e. The maximum atomic E-state index is 12.5. The lowest BCUT2D eigenvalue weighted by molar-refractivity contribution is 0.135. The Bertz CT molecular complexity index is 538. The molecule has 2 N–H and O–H groups in total. The van der Waals surface area contributed by atoms with Crippen LogP contribution in [0.25, 0.3) is 0 Å². The Kier molecular flexibility index (Phi) is 6.26. The van der Waals surface area contributed by atoms with Crippen molar-refractivity contribution < 1.29 is 13.2 Å². The van der Waals surface area contributed by atoms with Crippen molar-refractivity contribution in [3.05, 3.63) is 22.7 Å². The van der Waals surface area contributed by atoms with Crippen LogP contribution >= 0.6 is 11.6 Å². The lowest BCUT2D eigenvalue weighted by atomic mass is 10.2. The zero-order valence-electron chi connectivity index (χ0n) is 12.0. The van der Waals surface area contributed by atoms with Gasteiger partial charge < -0.3 is 10.5 Å². The minimum absolute atomic E-state index is 0.162. The van der Waals surface area contributed by atoms with E-state index in [1.165, 1.54) is 16.4 Å². The lowest BCUT2D eigenvalue weighted by Crippen LogP contribution is -2.34. The maximum Gasteiger partial charge on any atom is 0.243 e. The van der Waals surface area contributed by atoms with E-state index in [0.29, 0.717) is 36.9 Å². The molecule has 0 aromatic heterocycles. The summed E-state index contributed by atoms with van der Waals surface area (Å²) in [6, 6.07) is 2.94. The highest BCUT2D eigenvalue weighted by Crippen LogP contribution is 2.28. The Morgan fingerprint density at radius 2 is 2.00 bits per heavy atom. The average Bonchev–Trinajstić information content (AvgIpc) is 2.40. The first kappa shape index (κ1) is 17.2. The maximum absolute atomic E-state index is 12.5. The number of sulfonamides is 1. The van der Waals surface area contributed by atoms with Gasteiger partial charge in [-0.3, -0.25) is 0 Å². The summed E-state index contributed by atoms with van der Waals surface area (Å²) in [6.45, 7) is 7.00. The second-order valence-corrected chi connectivity index (χ2v) is 6.65. The molecule has 0 atom stereocenters. The van der Waals surface area contributed by atoms with E-state index in [-0.39, 0.29) is 10.6 Å². The van der Waals surface area contributed by atoms with Crippen molar-refractivity contribution in [3.63, 3.8) is 0 Å². The van der Waals surface area contributed by atoms with Crippen LogP contribution in [0, 0.1) is 6.92 Å². The van der Waals surface area contributed by atoms with Gasteiger partial charge in [-0.2, -0.15) is 4.31 Å². The number of rotatable bonds is 7. The minimum atomic E-state index is -3.58. The summed E-state index contributed by atoms with van der Waals surface area (Å²) in [7, 11) is -3.58. The summed E-state index contributed by atoms with van der Waals surface area (Å²) in [5.41, 5.74) is 6.66. The van der Waals surface area contributed by atoms with E-state index in [1.54, 1.807) is 13.8 Å². The van der Waals surface area contributed by atoms with E-state index in [0.717, 1.165) is 0 Å². The predicted molar refractivity (Wildman–Crippen MR) is 81.5 cm³/mol. The first-order valence-corrected chi connectivity index (χ1v) is 8.29. The van der Waals surface area contributed by atoms with Crippen molar-refractivity contribution >= 4 is 27.3 Å². The highest BCUT2D eigenvalue weighted by molar-refractivity contribution is 7.89. The molecule has 1 aromatic carbocycles. The molecular weight excluding hydrogens is 300 g/mol. The third-order valence-electron chi connectivity index (χ3n) is 2.94. The fourth-order valence-corrected chi connectivity index (χ4v) is 3.48. The summed E-state index contributed by atoms with van der Waals surface area (Å²) in [5.74, 6) is 0. The highest BCUT2D eigenvalue weighted by Gasteiger charge is 2.24. The Morgan fingerprint density at radius 1 is 1.35 bits per heavy atom. The molecule has 0 saturated carbocycles. The van der Waals surface area contributed by atoms with Crippen LogP contribution in [0.3, 0.4) is 0 Å². The molecule has 7 heteroatoms. The highest BCUT2D eigenvalue weighted by atomic mass is 35.5. The van der Waals surface area contributed by atoms with Gasteiger partial charge in [0.05, 0.1) is 22.2 Å². The molecule has 0 fully saturated rings. The first-order chi connectivity index (χ1) is 9.34. The van der Waals surface area contributed by atoms with Crippen LogP contribution in [0.2, 0.25) is 5.02 Å². The number of nitrogen functional groups attached to an aromatic ring is 1. The molecule has 1 aromatic rings. The molecule has 114 valence electrons. The number of nitrogens with two attached hydrogens (primary N) is 1.